The Labute approximate surface area is 131 Å². The Morgan fingerprint density at radius 3 is 3.05 bits per heavy atom. The van der Waals surface area contributed by atoms with Crippen LogP contribution in [0.3, 0.4) is 0 Å². The first kappa shape index (κ1) is 14.4. The number of rotatable bonds is 5. The fourth-order valence-electron chi connectivity index (χ4n) is 2.22. The van der Waals surface area contributed by atoms with E-state index in [-0.39, 0.29) is 5.91 Å². The third-order valence-corrected chi connectivity index (χ3v) is 4.19. The first-order valence-corrected chi connectivity index (χ1v) is 7.90. The largest absolute Gasteiger partial charge is 0.463 e. The van der Waals surface area contributed by atoms with Crippen molar-refractivity contribution >= 4 is 32.7 Å². The van der Waals surface area contributed by atoms with Crippen molar-refractivity contribution < 1.29 is 9.53 Å². The van der Waals surface area contributed by atoms with Gasteiger partial charge < -0.3 is 10.1 Å². The first-order chi connectivity index (χ1) is 10.0. The van der Waals surface area contributed by atoms with Crippen LogP contribution < -0.4 is 10.1 Å². The molecule has 1 fully saturated rings. The molecule has 1 amide bonds. The quantitative estimate of drug-likeness (QED) is 0.900. The molecule has 0 saturated heterocycles. The van der Waals surface area contributed by atoms with Gasteiger partial charge in [0.05, 0.1) is 10.9 Å². The minimum absolute atomic E-state index is 0.0873. The topological polar surface area (TPSA) is 56.2 Å². The van der Waals surface area contributed by atoms with Gasteiger partial charge in [-0.2, -0.15) is 0 Å². The predicted octanol–water partition coefficient (Wildman–Crippen LogP) is 2.63. The average molecular weight is 352 g/mol. The van der Waals surface area contributed by atoms with Gasteiger partial charge in [-0.15, -0.1) is 5.10 Å². The summed E-state index contributed by atoms with van der Waals surface area (Å²) in [5, 5.41) is 8.17. The second-order valence-electron chi connectivity index (χ2n) is 5.54. The molecule has 21 heavy (non-hydrogen) atoms. The van der Waals surface area contributed by atoms with E-state index >= 15 is 0 Å². The van der Waals surface area contributed by atoms with Crippen LogP contribution in [0.4, 0.5) is 0 Å². The maximum absolute atomic E-state index is 12.0. The highest BCUT2D eigenvalue weighted by molar-refractivity contribution is 9.10. The number of amides is 1. The summed E-state index contributed by atoms with van der Waals surface area (Å²) in [6, 6.07) is 5.88. The van der Waals surface area contributed by atoms with Gasteiger partial charge in [-0.3, -0.25) is 9.48 Å². The number of aromatic nitrogens is 2. The predicted molar refractivity (Wildman–Crippen MR) is 84.2 cm³/mol. The van der Waals surface area contributed by atoms with Gasteiger partial charge in [-0.1, -0.05) is 15.9 Å². The van der Waals surface area contributed by atoms with E-state index in [9.17, 15) is 4.79 Å². The second kappa shape index (κ2) is 5.67. The van der Waals surface area contributed by atoms with E-state index in [0.29, 0.717) is 11.8 Å². The molecule has 0 aliphatic heterocycles. The molecule has 5 nitrogen and oxygen atoms in total. The van der Waals surface area contributed by atoms with Crippen LogP contribution >= 0.6 is 15.9 Å². The van der Waals surface area contributed by atoms with E-state index in [4.69, 9.17) is 4.74 Å². The number of nitrogens with zero attached hydrogens (tertiary/aromatic N) is 2. The fourth-order valence-corrected chi connectivity index (χ4v) is 2.59. The van der Waals surface area contributed by atoms with Crippen LogP contribution in [-0.4, -0.2) is 28.3 Å². The van der Waals surface area contributed by atoms with Crippen molar-refractivity contribution in [3.8, 4) is 5.88 Å². The smallest absolute Gasteiger partial charge is 0.260 e. The normalized spacial score (nSPS) is 16.0. The molecule has 112 valence electrons. The Morgan fingerprint density at radius 1 is 1.57 bits per heavy atom. The number of hydrogen-bond donors (Lipinski definition) is 1. The van der Waals surface area contributed by atoms with E-state index in [1.807, 2.05) is 25.2 Å². The van der Waals surface area contributed by atoms with Gasteiger partial charge in [0.15, 0.2) is 6.10 Å². The van der Waals surface area contributed by atoms with Gasteiger partial charge in [0.1, 0.15) is 0 Å². The number of hydrogen-bond acceptors (Lipinski definition) is 3. The monoisotopic (exact) mass is 351 g/mol. The van der Waals surface area contributed by atoms with Crippen molar-refractivity contribution in [3.63, 3.8) is 0 Å². The molecule has 6 heteroatoms. The van der Waals surface area contributed by atoms with Crippen molar-refractivity contribution in [1.82, 2.24) is 15.1 Å². The number of carbonyl (C=O) groups is 1. The van der Waals surface area contributed by atoms with Crippen LogP contribution in [0.2, 0.25) is 0 Å². The molecule has 1 N–H and O–H groups in total. The van der Waals surface area contributed by atoms with Crippen molar-refractivity contribution in [3.05, 3.63) is 22.7 Å². The van der Waals surface area contributed by atoms with Gasteiger partial charge in [0.25, 0.3) is 5.91 Å². The number of halogens is 1. The zero-order chi connectivity index (χ0) is 15.0. The Bertz CT molecular complexity index is 679. The maximum atomic E-state index is 12.0. The Balaban J connectivity index is 1.74. The zero-order valence-electron chi connectivity index (χ0n) is 12.1. The van der Waals surface area contributed by atoms with Crippen LogP contribution in [0.25, 0.3) is 10.9 Å². The van der Waals surface area contributed by atoms with Crippen LogP contribution in [0.1, 0.15) is 19.8 Å². The summed E-state index contributed by atoms with van der Waals surface area (Å²) in [6.45, 7) is 2.50. The number of fused-ring (bicyclic) bond motifs is 1. The SMILES string of the molecule is C[C@@H](Oc1nn(C)c2ccc(Br)cc12)C(=O)NCC1CC1. The summed E-state index contributed by atoms with van der Waals surface area (Å²) in [5.74, 6) is 1.06. The minimum Gasteiger partial charge on any atom is -0.463 e. The maximum Gasteiger partial charge on any atom is 0.260 e. The van der Waals surface area contributed by atoms with Gasteiger partial charge in [-0.25, -0.2) is 0 Å². The van der Waals surface area contributed by atoms with E-state index in [1.165, 1.54) is 12.8 Å². The summed E-state index contributed by atoms with van der Waals surface area (Å²) >= 11 is 3.45. The zero-order valence-corrected chi connectivity index (χ0v) is 13.7. The van der Waals surface area contributed by atoms with E-state index < -0.39 is 6.10 Å². The first-order valence-electron chi connectivity index (χ1n) is 7.11. The second-order valence-corrected chi connectivity index (χ2v) is 6.45. The molecule has 0 radical (unpaired) electrons. The molecule has 3 rings (SSSR count). The van der Waals surface area contributed by atoms with E-state index in [1.54, 1.807) is 11.6 Å². The third-order valence-electron chi connectivity index (χ3n) is 3.70. The highest BCUT2D eigenvalue weighted by Crippen LogP contribution is 2.29. The molecule has 1 aliphatic rings. The van der Waals surface area contributed by atoms with Gasteiger partial charge >= 0.3 is 0 Å². The molecule has 1 heterocycles. The van der Waals surface area contributed by atoms with E-state index in [2.05, 4.69) is 26.3 Å². The summed E-state index contributed by atoms with van der Waals surface area (Å²) in [6.07, 6.45) is 1.88. The molecule has 1 aromatic carbocycles. The highest BCUT2D eigenvalue weighted by Gasteiger charge is 2.24. The lowest BCUT2D eigenvalue weighted by atomic mass is 10.2. The van der Waals surface area contributed by atoms with Crippen LogP contribution in [0.15, 0.2) is 22.7 Å². The lowest BCUT2D eigenvalue weighted by Gasteiger charge is -2.13. The number of nitrogens with one attached hydrogen (secondary N) is 1. The molecule has 1 saturated carbocycles. The van der Waals surface area contributed by atoms with Crippen LogP contribution in [0, 0.1) is 5.92 Å². The molecule has 2 aromatic rings. The van der Waals surface area contributed by atoms with Crippen LogP contribution in [0.5, 0.6) is 5.88 Å². The van der Waals surface area contributed by atoms with Crippen LogP contribution in [-0.2, 0) is 11.8 Å². The summed E-state index contributed by atoms with van der Waals surface area (Å²) in [4.78, 5) is 12.0. The molecule has 0 bridgehead atoms. The summed E-state index contributed by atoms with van der Waals surface area (Å²) < 4.78 is 8.47. The number of benzene rings is 1. The molecular formula is C15H18BrN3O2. The Morgan fingerprint density at radius 2 is 2.33 bits per heavy atom. The molecule has 1 aromatic heterocycles. The number of ether oxygens (including phenoxy) is 1. The van der Waals surface area contributed by atoms with Gasteiger partial charge in [0.2, 0.25) is 5.88 Å². The van der Waals surface area contributed by atoms with Crippen molar-refractivity contribution in [2.24, 2.45) is 13.0 Å². The highest BCUT2D eigenvalue weighted by atomic mass is 79.9. The molecule has 1 atom stereocenters. The minimum atomic E-state index is -0.555. The van der Waals surface area contributed by atoms with Gasteiger partial charge in [-0.05, 0) is 43.9 Å². The number of carbonyl (C=O) groups excluding carboxylic acids is 1. The van der Waals surface area contributed by atoms with Crippen molar-refractivity contribution in [2.75, 3.05) is 6.54 Å². The summed E-state index contributed by atoms with van der Waals surface area (Å²) in [5.41, 5.74) is 0.971. The molecule has 1 aliphatic carbocycles. The standard InChI is InChI=1S/C15H18BrN3O2/c1-9(14(20)17-8-10-3-4-10)21-15-12-7-11(16)5-6-13(12)19(2)18-15/h5-7,9-10H,3-4,8H2,1-2H3,(H,17,20)/t9-/m1/s1. The van der Waals surface area contributed by atoms with Gasteiger partial charge in [0, 0.05) is 18.1 Å². The Kier molecular flexibility index (Phi) is 3.89. The fraction of sp³-hybridized carbons (Fsp3) is 0.467. The third kappa shape index (κ3) is 3.20. The lowest BCUT2D eigenvalue weighted by molar-refractivity contribution is -0.127. The van der Waals surface area contributed by atoms with Crippen molar-refractivity contribution in [2.45, 2.75) is 25.9 Å². The average Bonchev–Trinajstić information content (AvgIpc) is 3.23. The summed E-state index contributed by atoms with van der Waals surface area (Å²) in [7, 11) is 1.86. The van der Waals surface area contributed by atoms with Crippen molar-refractivity contribution in [1.29, 1.82) is 0 Å². The molecule has 0 unspecified atom stereocenters. The number of aryl methyl sites for hydroxylation is 1. The Hall–Kier alpha value is -1.56. The lowest BCUT2D eigenvalue weighted by Crippen LogP contribution is -2.37. The van der Waals surface area contributed by atoms with E-state index in [0.717, 1.165) is 21.9 Å². The molecule has 0 spiro atoms. The molecular weight excluding hydrogens is 334 g/mol.